The molecule has 218 valence electrons. The maximum absolute atomic E-state index is 14.0. The fourth-order valence-electron chi connectivity index (χ4n) is 4.01. The lowest BCUT2D eigenvalue weighted by molar-refractivity contribution is -0.141. The molecule has 0 aliphatic heterocycles. The zero-order chi connectivity index (χ0) is 30.0. The lowest BCUT2D eigenvalue weighted by atomic mass is 9.99. The second-order valence-electron chi connectivity index (χ2n) is 10.4. The minimum absolute atomic E-state index is 0.0392. The van der Waals surface area contributed by atoms with Crippen molar-refractivity contribution in [2.45, 2.75) is 71.6 Å². The summed E-state index contributed by atoms with van der Waals surface area (Å²) in [5, 5.41) is 15.5. The Kier molecular flexibility index (Phi) is 11.3. The predicted octanol–water partition coefficient (Wildman–Crippen LogP) is 3.79. The molecule has 0 aliphatic rings. The number of anilines is 1. The topological polar surface area (TPSA) is 160 Å². The van der Waals surface area contributed by atoms with Crippen LogP contribution in [0.3, 0.4) is 0 Å². The lowest BCUT2D eigenvalue weighted by Crippen LogP contribution is -2.52. The molecule has 2 aromatic carbocycles. The summed E-state index contributed by atoms with van der Waals surface area (Å²) in [7, 11) is 1.53. The van der Waals surface area contributed by atoms with Crippen molar-refractivity contribution >= 4 is 29.5 Å². The summed E-state index contributed by atoms with van der Waals surface area (Å²) in [6, 6.07) is 9.04. The molecular weight excluding hydrogens is 516 g/mol. The molecule has 0 saturated heterocycles. The van der Waals surface area contributed by atoms with Gasteiger partial charge in [0.25, 0.3) is 5.91 Å². The number of carbonyl (C=O) groups excluding carboxylic acids is 4. The first-order valence-electron chi connectivity index (χ1n) is 13.1. The van der Waals surface area contributed by atoms with Gasteiger partial charge in [0.2, 0.25) is 11.8 Å². The zero-order valence-corrected chi connectivity index (χ0v) is 23.9. The van der Waals surface area contributed by atoms with Crippen molar-refractivity contribution in [2.75, 3.05) is 19.0 Å². The Balaban J connectivity index is 2.52. The Morgan fingerprint density at radius 3 is 2.25 bits per heavy atom. The normalized spacial score (nSPS) is 12.6. The average Bonchev–Trinajstić information content (AvgIpc) is 2.87. The van der Waals surface area contributed by atoms with Crippen molar-refractivity contribution in [3.63, 3.8) is 0 Å². The smallest absolute Gasteiger partial charge is 0.408 e. The average molecular weight is 557 g/mol. The van der Waals surface area contributed by atoms with E-state index in [-0.39, 0.29) is 25.1 Å². The summed E-state index contributed by atoms with van der Waals surface area (Å²) in [6.45, 7) is 8.74. The van der Waals surface area contributed by atoms with Crippen LogP contribution in [-0.2, 0) is 19.1 Å². The number of aryl methyl sites for hydroxylation is 1. The van der Waals surface area contributed by atoms with Crippen LogP contribution in [0, 0.1) is 6.92 Å². The number of hydrogen-bond donors (Lipinski definition) is 4. The minimum Gasteiger partial charge on any atom is -0.508 e. The molecule has 4 amide bonds. The van der Waals surface area contributed by atoms with Gasteiger partial charge in [-0.3, -0.25) is 14.4 Å². The quantitative estimate of drug-likeness (QED) is 0.309. The highest BCUT2D eigenvalue weighted by molar-refractivity contribution is 5.99. The third-order valence-corrected chi connectivity index (χ3v) is 5.87. The number of amides is 4. The molecule has 5 N–H and O–H groups in total. The van der Waals surface area contributed by atoms with E-state index in [1.165, 1.54) is 18.1 Å². The SMILES string of the molecule is CCCN(C(=O)C(CCC(N)=O)NC(=O)OC(C)(C)C)C(C(=O)Nc1ccc(OC)cc1)c1ccc(O)c(C)c1. The number of nitrogens with zero attached hydrogens (tertiary/aromatic N) is 1. The summed E-state index contributed by atoms with van der Waals surface area (Å²) in [6.07, 6.45) is -0.613. The van der Waals surface area contributed by atoms with Crippen LogP contribution in [0.2, 0.25) is 0 Å². The molecule has 40 heavy (non-hydrogen) atoms. The number of rotatable bonds is 12. The second-order valence-corrected chi connectivity index (χ2v) is 10.4. The highest BCUT2D eigenvalue weighted by Gasteiger charge is 2.36. The fourth-order valence-corrected chi connectivity index (χ4v) is 4.01. The Hall–Kier alpha value is -4.28. The first-order chi connectivity index (χ1) is 18.7. The number of carbonyl (C=O) groups is 4. The molecule has 11 nitrogen and oxygen atoms in total. The van der Waals surface area contributed by atoms with Gasteiger partial charge in [0.05, 0.1) is 7.11 Å². The van der Waals surface area contributed by atoms with Crippen molar-refractivity contribution in [3.8, 4) is 11.5 Å². The molecule has 11 heteroatoms. The van der Waals surface area contributed by atoms with Crippen molar-refractivity contribution in [1.29, 1.82) is 0 Å². The molecule has 2 unspecified atom stereocenters. The number of primary amides is 1. The fraction of sp³-hybridized carbons (Fsp3) is 0.448. The van der Waals surface area contributed by atoms with Crippen LogP contribution in [0.25, 0.3) is 0 Å². The molecule has 2 rings (SSSR count). The molecule has 2 atom stereocenters. The van der Waals surface area contributed by atoms with Crippen LogP contribution < -0.4 is 21.1 Å². The molecule has 0 aliphatic carbocycles. The first-order valence-corrected chi connectivity index (χ1v) is 13.1. The summed E-state index contributed by atoms with van der Waals surface area (Å²) in [4.78, 5) is 53.4. The maximum atomic E-state index is 14.0. The monoisotopic (exact) mass is 556 g/mol. The number of nitrogens with one attached hydrogen (secondary N) is 2. The van der Waals surface area contributed by atoms with Gasteiger partial charge in [-0.15, -0.1) is 0 Å². The number of nitrogens with two attached hydrogens (primary N) is 1. The van der Waals surface area contributed by atoms with E-state index in [0.717, 1.165) is 0 Å². The van der Waals surface area contributed by atoms with Gasteiger partial charge in [-0.1, -0.05) is 13.0 Å². The van der Waals surface area contributed by atoms with Gasteiger partial charge in [0.1, 0.15) is 29.2 Å². The summed E-state index contributed by atoms with van der Waals surface area (Å²) in [5.41, 5.74) is 5.96. The van der Waals surface area contributed by atoms with Gasteiger partial charge >= 0.3 is 6.09 Å². The van der Waals surface area contributed by atoms with E-state index in [0.29, 0.717) is 29.0 Å². The van der Waals surface area contributed by atoms with Gasteiger partial charge in [-0.25, -0.2) is 4.79 Å². The van der Waals surface area contributed by atoms with Crippen LogP contribution in [0.1, 0.15) is 64.1 Å². The van der Waals surface area contributed by atoms with Crippen molar-refractivity contribution in [1.82, 2.24) is 10.2 Å². The van der Waals surface area contributed by atoms with Crippen molar-refractivity contribution < 1.29 is 33.8 Å². The van der Waals surface area contributed by atoms with Crippen molar-refractivity contribution in [3.05, 3.63) is 53.6 Å². The molecule has 0 bridgehead atoms. The molecule has 2 aromatic rings. The largest absolute Gasteiger partial charge is 0.508 e. The third-order valence-electron chi connectivity index (χ3n) is 5.87. The van der Waals surface area contributed by atoms with E-state index in [9.17, 15) is 24.3 Å². The molecular formula is C29H40N4O7. The second kappa shape index (κ2) is 14.2. The Morgan fingerprint density at radius 1 is 1.07 bits per heavy atom. The number of methoxy groups -OCH3 is 1. The Labute approximate surface area is 235 Å². The van der Waals surface area contributed by atoms with E-state index < -0.39 is 41.5 Å². The minimum atomic E-state index is -1.19. The molecule has 0 saturated carbocycles. The first kappa shape index (κ1) is 31.9. The van der Waals surface area contributed by atoms with Gasteiger partial charge in [0, 0.05) is 18.7 Å². The number of hydrogen-bond acceptors (Lipinski definition) is 7. The van der Waals surface area contributed by atoms with Gasteiger partial charge in [-0.05, 0) is 88.1 Å². The van der Waals surface area contributed by atoms with E-state index in [2.05, 4.69) is 10.6 Å². The number of benzene rings is 2. The van der Waals surface area contributed by atoms with E-state index >= 15 is 0 Å². The number of aromatic hydroxyl groups is 1. The lowest BCUT2D eigenvalue weighted by Gasteiger charge is -2.34. The van der Waals surface area contributed by atoms with Crippen LogP contribution in [0.4, 0.5) is 10.5 Å². The number of alkyl carbamates (subject to hydrolysis) is 1. The number of phenolic OH excluding ortho intramolecular Hbond substituents is 1. The van der Waals surface area contributed by atoms with Gasteiger partial charge in [-0.2, -0.15) is 0 Å². The number of phenols is 1. The van der Waals surface area contributed by atoms with Crippen LogP contribution in [0.15, 0.2) is 42.5 Å². The standard InChI is InChI=1S/C29H40N4O7/c1-7-16-33(27(37)22(13-15-24(30)35)32-28(38)40-29(3,4)5)25(19-8-14-23(34)18(2)17-19)26(36)31-20-9-11-21(39-6)12-10-20/h8-12,14,17,22,25,34H,7,13,15-16H2,1-6H3,(H2,30,35)(H,31,36)(H,32,38). The predicted molar refractivity (Wildman–Crippen MR) is 151 cm³/mol. The molecule has 0 aromatic heterocycles. The van der Waals surface area contributed by atoms with E-state index in [4.69, 9.17) is 15.2 Å². The van der Waals surface area contributed by atoms with E-state index in [1.807, 2.05) is 6.92 Å². The Bertz CT molecular complexity index is 1190. The summed E-state index contributed by atoms with van der Waals surface area (Å²) >= 11 is 0. The number of ether oxygens (including phenoxy) is 2. The molecule has 0 radical (unpaired) electrons. The summed E-state index contributed by atoms with van der Waals surface area (Å²) < 4.78 is 10.5. The van der Waals surface area contributed by atoms with Crippen LogP contribution in [0.5, 0.6) is 11.5 Å². The van der Waals surface area contributed by atoms with E-state index in [1.54, 1.807) is 64.1 Å². The highest BCUT2D eigenvalue weighted by Crippen LogP contribution is 2.29. The Morgan fingerprint density at radius 2 is 1.73 bits per heavy atom. The van der Waals surface area contributed by atoms with Crippen LogP contribution in [-0.4, -0.2) is 59.1 Å². The third kappa shape index (κ3) is 9.48. The molecule has 0 fully saturated rings. The maximum Gasteiger partial charge on any atom is 0.408 e. The summed E-state index contributed by atoms with van der Waals surface area (Å²) in [5.74, 6) is -1.10. The molecule has 0 heterocycles. The van der Waals surface area contributed by atoms with Gasteiger partial charge < -0.3 is 35.8 Å². The molecule has 0 spiro atoms. The zero-order valence-electron chi connectivity index (χ0n) is 23.9. The van der Waals surface area contributed by atoms with Crippen molar-refractivity contribution in [2.24, 2.45) is 5.73 Å². The van der Waals surface area contributed by atoms with Gasteiger partial charge in [0.15, 0.2) is 0 Å². The van der Waals surface area contributed by atoms with Crippen LogP contribution >= 0.6 is 0 Å². The highest BCUT2D eigenvalue weighted by atomic mass is 16.6.